The molecule has 7 nitrogen and oxygen atoms in total. The number of nitrogens with zero attached hydrogens (tertiary/aromatic N) is 3. The van der Waals surface area contributed by atoms with E-state index in [4.69, 9.17) is 9.47 Å². The van der Waals surface area contributed by atoms with Crippen molar-refractivity contribution in [3.8, 4) is 5.75 Å². The van der Waals surface area contributed by atoms with Gasteiger partial charge in [-0.2, -0.15) is 5.10 Å². The van der Waals surface area contributed by atoms with Gasteiger partial charge in [-0.3, -0.25) is 4.79 Å². The molecule has 1 heterocycles. The normalized spacial score (nSPS) is 14.2. The van der Waals surface area contributed by atoms with Crippen LogP contribution in [0.25, 0.3) is 0 Å². The van der Waals surface area contributed by atoms with Gasteiger partial charge in [0.25, 0.3) is 5.91 Å². The largest absolute Gasteiger partial charge is 0.496 e. The summed E-state index contributed by atoms with van der Waals surface area (Å²) < 4.78 is 10.9. The van der Waals surface area contributed by atoms with Crippen LogP contribution in [0.15, 0.2) is 47.6 Å². The maximum atomic E-state index is 12.3. The van der Waals surface area contributed by atoms with E-state index in [0.29, 0.717) is 11.3 Å². The van der Waals surface area contributed by atoms with E-state index < -0.39 is 0 Å². The van der Waals surface area contributed by atoms with Gasteiger partial charge in [0.1, 0.15) is 5.75 Å². The first-order valence-corrected chi connectivity index (χ1v) is 9.20. The molecular weight excluding hydrogens is 356 g/mol. The van der Waals surface area contributed by atoms with E-state index >= 15 is 0 Å². The smallest absolute Gasteiger partial charge is 0.271 e. The number of anilines is 2. The third-order valence-corrected chi connectivity index (χ3v) is 4.59. The van der Waals surface area contributed by atoms with Gasteiger partial charge in [-0.15, -0.1) is 0 Å². The van der Waals surface area contributed by atoms with Crippen molar-refractivity contribution in [3.05, 3.63) is 53.6 Å². The second-order valence-corrected chi connectivity index (χ2v) is 6.67. The van der Waals surface area contributed by atoms with Gasteiger partial charge in [0.15, 0.2) is 0 Å². The van der Waals surface area contributed by atoms with Gasteiger partial charge in [0.2, 0.25) is 0 Å². The molecule has 0 unspecified atom stereocenters. The average molecular weight is 382 g/mol. The van der Waals surface area contributed by atoms with Gasteiger partial charge in [-0.05, 0) is 30.3 Å². The fourth-order valence-corrected chi connectivity index (χ4v) is 2.98. The Kier molecular flexibility index (Phi) is 6.49. The van der Waals surface area contributed by atoms with Crippen LogP contribution in [0.3, 0.4) is 0 Å². The standard InChI is InChI=1S/C21H26N4O3/c1-24(2)18-6-4-5-16(13-18)21(26)23-22-15-17-7-8-19(14-20(17)27-3)25-9-11-28-12-10-25/h4-8,13-15H,9-12H2,1-3H3,(H,23,26)/b22-15-. The Morgan fingerprint density at radius 2 is 2.00 bits per heavy atom. The van der Waals surface area contributed by atoms with E-state index in [9.17, 15) is 4.79 Å². The molecular formula is C21H26N4O3. The Labute approximate surface area is 165 Å². The minimum absolute atomic E-state index is 0.260. The Bertz CT molecular complexity index is 845. The lowest BCUT2D eigenvalue weighted by atomic mass is 10.1. The number of rotatable bonds is 6. The van der Waals surface area contributed by atoms with E-state index in [1.165, 1.54) is 0 Å². The molecule has 0 bridgehead atoms. The Balaban J connectivity index is 1.68. The average Bonchev–Trinajstić information content (AvgIpc) is 2.74. The summed E-state index contributed by atoms with van der Waals surface area (Å²) in [5.41, 5.74) is 5.96. The molecule has 1 aliphatic heterocycles. The van der Waals surface area contributed by atoms with E-state index in [1.54, 1.807) is 19.4 Å². The fourth-order valence-electron chi connectivity index (χ4n) is 2.98. The van der Waals surface area contributed by atoms with Crippen LogP contribution in [0.2, 0.25) is 0 Å². The van der Waals surface area contributed by atoms with Crippen LogP contribution < -0.4 is 20.0 Å². The summed E-state index contributed by atoms with van der Waals surface area (Å²) in [6, 6.07) is 13.3. The van der Waals surface area contributed by atoms with E-state index in [1.807, 2.05) is 55.4 Å². The molecule has 2 aromatic rings. The molecule has 1 fully saturated rings. The number of methoxy groups -OCH3 is 1. The third-order valence-electron chi connectivity index (χ3n) is 4.59. The number of carbonyl (C=O) groups excluding carboxylic acids is 1. The predicted octanol–water partition coefficient (Wildman–Crippen LogP) is 2.36. The third kappa shape index (κ3) is 4.80. The number of nitrogens with one attached hydrogen (secondary N) is 1. The topological polar surface area (TPSA) is 66.4 Å². The maximum absolute atomic E-state index is 12.3. The second-order valence-electron chi connectivity index (χ2n) is 6.67. The van der Waals surface area contributed by atoms with Gasteiger partial charge in [0, 0.05) is 55.8 Å². The van der Waals surface area contributed by atoms with Crippen molar-refractivity contribution in [2.24, 2.45) is 5.10 Å². The summed E-state index contributed by atoms with van der Waals surface area (Å²) in [6.45, 7) is 3.18. The molecule has 148 valence electrons. The number of morpholine rings is 1. The highest BCUT2D eigenvalue weighted by atomic mass is 16.5. The zero-order valence-electron chi connectivity index (χ0n) is 16.5. The van der Waals surface area contributed by atoms with Crippen LogP contribution in [0, 0.1) is 0 Å². The molecule has 0 spiro atoms. The minimum atomic E-state index is -0.260. The molecule has 0 radical (unpaired) electrons. The maximum Gasteiger partial charge on any atom is 0.271 e. The first-order valence-electron chi connectivity index (χ1n) is 9.20. The molecule has 0 aliphatic carbocycles. The summed E-state index contributed by atoms with van der Waals surface area (Å²) in [7, 11) is 5.49. The Hall–Kier alpha value is -3.06. The number of hydrazone groups is 1. The molecule has 28 heavy (non-hydrogen) atoms. The second kappa shape index (κ2) is 9.23. The van der Waals surface area contributed by atoms with E-state index in [2.05, 4.69) is 15.4 Å². The van der Waals surface area contributed by atoms with Crippen molar-refractivity contribution in [1.29, 1.82) is 0 Å². The SMILES string of the molecule is COc1cc(N2CCOCC2)ccc1/C=N\NC(=O)c1cccc(N(C)C)c1. The Morgan fingerprint density at radius 1 is 1.21 bits per heavy atom. The minimum Gasteiger partial charge on any atom is -0.496 e. The zero-order valence-corrected chi connectivity index (χ0v) is 16.5. The lowest BCUT2D eigenvalue weighted by molar-refractivity contribution is 0.0955. The summed E-state index contributed by atoms with van der Waals surface area (Å²) in [5, 5.41) is 4.09. The molecule has 3 rings (SSSR count). The Morgan fingerprint density at radius 3 is 2.71 bits per heavy atom. The van der Waals surface area contributed by atoms with Crippen molar-refractivity contribution in [2.75, 3.05) is 57.3 Å². The predicted molar refractivity (Wildman–Crippen MR) is 112 cm³/mol. The lowest BCUT2D eigenvalue weighted by Crippen LogP contribution is -2.36. The number of carbonyl (C=O) groups is 1. The van der Waals surface area contributed by atoms with Crippen LogP contribution in [-0.4, -0.2) is 59.6 Å². The van der Waals surface area contributed by atoms with Crippen LogP contribution >= 0.6 is 0 Å². The first kappa shape index (κ1) is 19.7. The monoisotopic (exact) mass is 382 g/mol. The molecule has 1 saturated heterocycles. The molecule has 2 aromatic carbocycles. The van der Waals surface area contributed by atoms with Crippen LogP contribution in [-0.2, 0) is 4.74 Å². The molecule has 1 N–H and O–H groups in total. The summed E-state index contributed by atoms with van der Waals surface area (Å²) >= 11 is 0. The quantitative estimate of drug-likeness (QED) is 0.614. The van der Waals surface area contributed by atoms with Crippen LogP contribution in [0.5, 0.6) is 5.75 Å². The fraction of sp³-hybridized carbons (Fsp3) is 0.333. The van der Waals surface area contributed by atoms with Crippen molar-refractivity contribution in [1.82, 2.24) is 5.43 Å². The molecule has 1 amide bonds. The molecule has 1 aliphatic rings. The number of ether oxygens (including phenoxy) is 2. The number of amides is 1. The van der Waals surface area contributed by atoms with E-state index in [-0.39, 0.29) is 5.91 Å². The van der Waals surface area contributed by atoms with Gasteiger partial charge in [-0.1, -0.05) is 6.07 Å². The van der Waals surface area contributed by atoms with Gasteiger partial charge >= 0.3 is 0 Å². The van der Waals surface area contributed by atoms with Crippen molar-refractivity contribution < 1.29 is 14.3 Å². The van der Waals surface area contributed by atoms with Gasteiger partial charge < -0.3 is 19.3 Å². The van der Waals surface area contributed by atoms with Crippen LogP contribution in [0.4, 0.5) is 11.4 Å². The highest BCUT2D eigenvalue weighted by Gasteiger charge is 2.13. The summed E-state index contributed by atoms with van der Waals surface area (Å²) in [4.78, 5) is 16.5. The molecule has 0 aromatic heterocycles. The zero-order chi connectivity index (χ0) is 19.9. The lowest BCUT2D eigenvalue weighted by Gasteiger charge is -2.29. The summed E-state index contributed by atoms with van der Waals surface area (Å²) in [5.74, 6) is 0.445. The van der Waals surface area contributed by atoms with Crippen molar-refractivity contribution in [3.63, 3.8) is 0 Å². The summed E-state index contributed by atoms with van der Waals surface area (Å²) in [6.07, 6.45) is 1.59. The first-order chi connectivity index (χ1) is 13.6. The number of hydrogen-bond donors (Lipinski definition) is 1. The van der Waals surface area contributed by atoms with Gasteiger partial charge in [-0.25, -0.2) is 5.43 Å². The van der Waals surface area contributed by atoms with Crippen molar-refractivity contribution in [2.45, 2.75) is 0 Å². The molecule has 7 heteroatoms. The van der Waals surface area contributed by atoms with Crippen molar-refractivity contribution >= 4 is 23.5 Å². The van der Waals surface area contributed by atoms with Crippen LogP contribution in [0.1, 0.15) is 15.9 Å². The van der Waals surface area contributed by atoms with E-state index in [0.717, 1.165) is 43.2 Å². The highest BCUT2D eigenvalue weighted by Crippen LogP contribution is 2.25. The molecule has 0 saturated carbocycles. The highest BCUT2D eigenvalue weighted by molar-refractivity contribution is 5.96. The molecule has 0 atom stereocenters. The number of hydrogen-bond acceptors (Lipinski definition) is 6. The van der Waals surface area contributed by atoms with Gasteiger partial charge in [0.05, 0.1) is 26.5 Å². The number of benzene rings is 2.